The second-order valence-electron chi connectivity index (χ2n) is 7.19. The Kier molecular flexibility index (Phi) is 11.3. The van der Waals surface area contributed by atoms with Crippen LogP contribution in [0.15, 0.2) is 12.5 Å². The molecule has 0 aromatic carbocycles. The molecule has 0 bridgehead atoms. The van der Waals surface area contributed by atoms with Crippen LogP contribution in [0.1, 0.15) is 25.5 Å². The molecule has 1 rings (SSSR count). The zero-order valence-electron chi connectivity index (χ0n) is 17.7. The van der Waals surface area contributed by atoms with Gasteiger partial charge in [0.1, 0.15) is 18.1 Å². The number of aliphatic hydroxyl groups is 1. The molecule has 0 aliphatic heterocycles. The first-order valence-corrected chi connectivity index (χ1v) is 10.5. The van der Waals surface area contributed by atoms with E-state index < -0.39 is 59.9 Å². The Bertz CT molecular complexity index is 834. The van der Waals surface area contributed by atoms with E-state index in [0.717, 1.165) is 0 Å². The summed E-state index contributed by atoms with van der Waals surface area (Å²) in [5.74, 6) is -5.33. The molecule has 184 valence electrons. The Morgan fingerprint density at radius 3 is 2.21 bits per heavy atom. The number of aromatic nitrogens is 2. The highest BCUT2D eigenvalue weighted by atomic mass is 32.1. The van der Waals surface area contributed by atoms with Gasteiger partial charge < -0.3 is 42.0 Å². The smallest absolute Gasteiger partial charge is 0.327 e. The lowest BCUT2D eigenvalue weighted by Gasteiger charge is -2.26. The van der Waals surface area contributed by atoms with Crippen molar-refractivity contribution in [1.29, 1.82) is 0 Å². The zero-order valence-corrected chi connectivity index (χ0v) is 18.6. The van der Waals surface area contributed by atoms with Gasteiger partial charge in [-0.15, -0.1) is 0 Å². The average Bonchev–Trinajstić information content (AvgIpc) is 3.25. The van der Waals surface area contributed by atoms with E-state index in [0.29, 0.717) is 5.69 Å². The first kappa shape index (κ1) is 27.9. The van der Waals surface area contributed by atoms with E-state index in [2.05, 4.69) is 38.5 Å². The number of carboxylic acids is 2. The van der Waals surface area contributed by atoms with Gasteiger partial charge in [0.05, 0.1) is 18.5 Å². The molecule has 0 radical (unpaired) electrons. The molecule has 0 aliphatic rings. The summed E-state index contributed by atoms with van der Waals surface area (Å²) in [7, 11) is 0. The highest BCUT2D eigenvalue weighted by Gasteiger charge is 2.32. The molecule has 5 unspecified atom stereocenters. The van der Waals surface area contributed by atoms with Crippen LogP contribution in [0.5, 0.6) is 0 Å². The van der Waals surface area contributed by atoms with Crippen molar-refractivity contribution in [3.8, 4) is 0 Å². The van der Waals surface area contributed by atoms with Crippen LogP contribution in [0.2, 0.25) is 0 Å². The Labute approximate surface area is 194 Å². The largest absolute Gasteiger partial charge is 0.481 e. The molecule has 1 heterocycles. The summed E-state index contributed by atoms with van der Waals surface area (Å²) in [6.45, 7) is 1.22. The van der Waals surface area contributed by atoms with Gasteiger partial charge in [0, 0.05) is 30.5 Å². The summed E-state index contributed by atoms with van der Waals surface area (Å²) in [5, 5.41) is 34.7. The van der Waals surface area contributed by atoms with Crippen molar-refractivity contribution in [2.75, 3.05) is 5.75 Å². The topological polar surface area (TPSA) is 237 Å². The number of carboxylic acid groups (broad SMARTS) is 2. The number of rotatable bonds is 14. The number of nitrogens with zero attached hydrogens (tertiary/aromatic N) is 1. The van der Waals surface area contributed by atoms with Crippen LogP contribution >= 0.6 is 12.6 Å². The maximum atomic E-state index is 12.8. The van der Waals surface area contributed by atoms with Crippen LogP contribution in [0.3, 0.4) is 0 Å². The quantitative estimate of drug-likeness (QED) is 0.120. The van der Waals surface area contributed by atoms with E-state index in [1.54, 1.807) is 0 Å². The van der Waals surface area contributed by atoms with Crippen molar-refractivity contribution in [3.63, 3.8) is 0 Å². The van der Waals surface area contributed by atoms with Gasteiger partial charge in [-0.05, 0) is 13.3 Å². The number of aromatic amines is 1. The highest BCUT2D eigenvalue weighted by Crippen LogP contribution is 2.04. The maximum Gasteiger partial charge on any atom is 0.327 e. The van der Waals surface area contributed by atoms with Crippen LogP contribution in [0.4, 0.5) is 0 Å². The predicted molar refractivity (Wildman–Crippen MR) is 116 cm³/mol. The zero-order chi connectivity index (χ0) is 25.1. The normalized spacial score (nSPS) is 15.4. The lowest BCUT2D eigenvalue weighted by Crippen LogP contribution is -2.60. The van der Waals surface area contributed by atoms with Gasteiger partial charge in [-0.2, -0.15) is 12.6 Å². The number of carbonyl (C=O) groups excluding carboxylic acids is 3. The summed E-state index contributed by atoms with van der Waals surface area (Å²) in [6.07, 6.45) is 0.672. The molecule has 0 fully saturated rings. The Hall–Kier alpha value is -3.17. The lowest BCUT2D eigenvalue weighted by atomic mass is 10.1. The number of hydrogen-bond donors (Lipinski definition) is 9. The van der Waals surface area contributed by atoms with E-state index in [4.69, 9.17) is 15.9 Å². The number of aliphatic carboxylic acids is 2. The van der Waals surface area contributed by atoms with Crippen molar-refractivity contribution in [1.82, 2.24) is 25.9 Å². The summed E-state index contributed by atoms with van der Waals surface area (Å²) >= 11 is 3.87. The van der Waals surface area contributed by atoms with Gasteiger partial charge in [-0.1, -0.05) is 0 Å². The number of hydrogen-bond acceptors (Lipinski definition) is 9. The molecule has 9 N–H and O–H groups in total. The fourth-order valence-electron chi connectivity index (χ4n) is 2.62. The van der Waals surface area contributed by atoms with Crippen molar-refractivity contribution in [2.45, 2.75) is 56.5 Å². The lowest BCUT2D eigenvalue weighted by molar-refractivity contribution is -0.142. The van der Waals surface area contributed by atoms with E-state index in [1.807, 2.05) is 0 Å². The number of aliphatic hydroxyl groups excluding tert-OH is 1. The van der Waals surface area contributed by atoms with Gasteiger partial charge in [0.15, 0.2) is 0 Å². The fourth-order valence-corrected chi connectivity index (χ4v) is 2.87. The molecule has 0 saturated heterocycles. The van der Waals surface area contributed by atoms with Crippen molar-refractivity contribution < 1.29 is 39.3 Å². The second-order valence-corrected chi connectivity index (χ2v) is 7.56. The molecule has 0 saturated carbocycles. The van der Waals surface area contributed by atoms with Gasteiger partial charge >= 0.3 is 11.9 Å². The number of thiol groups is 1. The predicted octanol–water partition coefficient (Wildman–Crippen LogP) is -3.01. The van der Waals surface area contributed by atoms with E-state index in [-0.39, 0.29) is 25.0 Å². The highest BCUT2D eigenvalue weighted by molar-refractivity contribution is 7.80. The molecule has 15 heteroatoms. The summed E-state index contributed by atoms with van der Waals surface area (Å²) in [6, 6.07) is -5.38. The molecule has 5 atom stereocenters. The van der Waals surface area contributed by atoms with Crippen molar-refractivity contribution >= 4 is 42.3 Å². The van der Waals surface area contributed by atoms with Crippen molar-refractivity contribution in [2.24, 2.45) is 5.73 Å². The number of amides is 3. The third-order valence-electron chi connectivity index (χ3n) is 4.48. The number of carbonyl (C=O) groups is 5. The van der Waals surface area contributed by atoms with Gasteiger partial charge in [-0.25, -0.2) is 9.78 Å². The van der Waals surface area contributed by atoms with Crippen LogP contribution in [-0.2, 0) is 30.4 Å². The van der Waals surface area contributed by atoms with Crippen LogP contribution in [-0.4, -0.2) is 91.0 Å². The molecule has 0 aliphatic carbocycles. The monoisotopic (exact) mass is 488 g/mol. The third-order valence-corrected chi connectivity index (χ3v) is 4.84. The molecule has 1 aromatic rings. The maximum absolute atomic E-state index is 12.8. The number of imidazole rings is 1. The van der Waals surface area contributed by atoms with E-state index in [1.165, 1.54) is 19.4 Å². The first-order valence-electron chi connectivity index (χ1n) is 9.83. The standard InChI is InChI=1S/C18H28N6O8S/c1-8(25)14(24-15(28)10(19)2-3-13(26)27)17(30)22-11(4-9-5-20-7-21-9)16(29)23-12(6-33)18(31)32/h5,7-8,10-12,14,25,33H,2-4,6,19H2,1H3,(H,20,21)(H,22,30)(H,23,29)(H,24,28)(H,26,27)(H,31,32). The summed E-state index contributed by atoms with van der Waals surface area (Å²) < 4.78 is 0. The minimum absolute atomic E-state index is 0.102. The number of H-pyrrole nitrogens is 1. The van der Waals surface area contributed by atoms with Crippen molar-refractivity contribution in [3.05, 3.63) is 18.2 Å². The fraction of sp³-hybridized carbons (Fsp3) is 0.556. The van der Waals surface area contributed by atoms with Crippen LogP contribution in [0.25, 0.3) is 0 Å². The summed E-state index contributed by atoms with van der Waals surface area (Å²) in [5.41, 5.74) is 6.07. The number of nitrogens with one attached hydrogen (secondary N) is 4. The van der Waals surface area contributed by atoms with Crippen LogP contribution in [0, 0.1) is 0 Å². The molecule has 33 heavy (non-hydrogen) atoms. The molecule has 0 spiro atoms. The summed E-state index contributed by atoms with van der Waals surface area (Å²) in [4.78, 5) is 66.1. The van der Waals surface area contributed by atoms with Gasteiger partial charge in [0.2, 0.25) is 17.7 Å². The minimum Gasteiger partial charge on any atom is -0.481 e. The Balaban J connectivity index is 2.96. The molecule has 1 aromatic heterocycles. The average molecular weight is 489 g/mol. The van der Waals surface area contributed by atoms with E-state index in [9.17, 15) is 29.1 Å². The first-order chi connectivity index (χ1) is 15.5. The molecule has 14 nitrogen and oxygen atoms in total. The van der Waals surface area contributed by atoms with Gasteiger partial charge in [-0.3, -0.25) is 19.2 Å². The van der Waals surface area contributed by atoms with E-state index >= 15 is 0 Å². The Morgan fingerprint density at radius 1 is 1.09 bits per heavy atom. The molecular formula is C18H28N6O8S. The van der Waals surface area contributed by atoms with Crippen LogP contribution < -0.4 is 21.7 Å². The molecular weight excluding hydrogens is 460 g/mol. The Morgan fingerprint density at radius 2 is 1.73 bits per heavy atom. The number of nitrogens with two attached hydrogens (primary N) is 1. The third kappa shape index (κ3) is 9.46. The minimum atomic E-state index is -1.52. The van der Waals surface area contributed by atoms with Gasteiger partial charge in [0.25, 0.3) is 0 Å². The molecule has 3 amide bonds. The SMILES string of the molecule is CC(O)C(NC(=O)C(N)CCC(=O)O)C(=O)NC(Cc1cnc[nH]1)C(=O)NC(CS)C(=O)O. The second kappa shape index (κ2) is 13.4.